The minimum absolute atomic E-state index is 0.0316. The summed E-state index contributed by atoms with van der Waals surface area (Å²) in [6.07, 6.45) is 1.33. The predicted molar refractivity (Wildman–Crippen MR) is 109 cm³/mol. The van der Waals surface area contributed by atoms with E-state index in [2.05, 4.69) is 15.3 Å². The summed E-state index contributed by atoms with van der Waals surface area (Å²) in [7, 11) is -3.89. The van der Waals surface area contributed by atoms with Gasteiger partial charge in [0.2, 0.25) is 5.91 Å². The zero-order valence-electron chi connectivity index (χ0n) is 15.4. The van der Waals surface area contributed by atoms with E-state index in [4.69, 9.17) is 11.5 Å². The fraction of sp³-hybridized carbons (Fsp3) is 0.211. The maximum absolute atomic E-state index is 13.6. The lowest BCUT2D eigenvalue weighted by molar-refractivity contribution is -0.124. The van der Waals surface area contributed by atoms with Gasteiger partial charge in [-0.3, -0.25) is 9.69 Å². The third-order valence-electron chi connectivity index (χ3n) is 4.86. The van der Waals surface area contributed by atoms with Crippen LogP contribution in [0, 0.1) is 0 Å². The van der Waals surface area contributed by atoms with Crippen LogP contribution in [0.2, 0.25) is 0 Å². The largest absolute Gasteiger partial charge is 0.399 e. The zero-order chi connectivity index (χ0) is 20.6. The first-order valence-electron chi connectivity index (χ1n) is 8.96. The average molecular weight is 412 g/mol. The van der Waals surface area contributed by atoms with Crippen molar-refractivity contribution in [3.05, 3.63) is 54.4 Å². The lowest BCUT2D eigenvalue weighted by Gasteiger charge is -2.34. The fourth-order valence-electron chi connectivity index (χ4n) is 3.51. The van der Waals surface area contributed by atoms with E-state index in [9.17, 15) is 13.2 Å². The Kier molecular flexibility index (Phi) is 4.81. The number of nitrogens with one attached hydrogen (secondary N) is 1. The average Bonchev–Trinajstić information content (AvgIpc) is 2.68. The zero-order valence-corrected chi connectivity index (χ0v) is 16.3. The number of sulfone groups is 1. The van der Waals surface area contributed by atoms with Crippen molar-refractivity contribution >= 4 is 38.2 Å². The molecule has 1 aromatic heterocycles. The molecule has 4 rings (SSSR count). The summed E-state index contributed by atoms with van der Waals surface area (Å²) in [5.74, 6) is 0.0884. The lowest BCUT2D eigenvalue weighted by Crippen LogP contribution is -2.50. The maximum Gasteiger partial charge on any atom is 0.234 e. The SMILES string of the molecule is Nc1cccc(S(=O)(=O)C(c2ccc3c(N)ncnc3c2)N2CCNC(=O)C2)c1. The molecule has 0 radical (unpaired) electrons. The number of fused-ring (bicyclic) bond motifs is 1. The third kappa shape index (κ3) is 3.59. The van der Waals surface area contributed by atoms with Crippen molar-refractivity contribution in [1.82, 2.24) is 20.2 Å². The van der Waals surface area contributed by atoms with Crippen molar-refractivity contribution in [3.63, 3.8) is 0 Å². The molecular formula is C19H20N6O3S. The van der Waals surface area contributed by atoms with Gasteiger partial charge in [-0.05, 0) is 35.9 Å². The van der Waals surface area contributed by atoms with Crippen molar-refractivity contribution in [2.75, 3.05) is 31.1 Å². The lowest BCUT2D eigenvalue weighted by atomic mass is 10.1. The Morgan fingerprint density at radius 3 is 2.69 bits per heavy atom. The van der Waals surface area contributed by atoms with Crippen molar-refractivity contribution in [2.24, 2.45) is 0 Å². The molecule has 10 heteroatoms. The molecule has 0 aliphatic carbocycles. The van der Waals surface area contributed by atoms with Crippen LogP contribution < -0.4 is 16.8 Å². The molecule has 1 saturated heterocycles. The number of nitrogen functional groups attached to an aromatic ring is 2. The number of hydrogen-bond donors (Lipinski definition) is 3. The second-order valence-corrected chi connectivity index (χ2v) is 8.83. The molecule has 1 aliphatic heterocycles. The number of benzene rings is 2. The van der Waals surface area contributed by atoms with Gasteiger partial charge in [-0.25, -0.2) is 18.4 Å². The molecule has 0 bridgehead atoms. The highest BCUT2D eigenvalue weighted by molar-refractivity contribution is 7.91. The molecule has 150 valence electrons. The summed E-state index contributed by atoms with van der Waals surface area (Å²) >= 11 is 0. The molecule has 29 heavy (non-hydrogen) atoms. The molecule has 3 aromatic rings. The number of anilines is 2. The second kappa shape index (κ2) is 7.30. The summed E-state index contributed by atoms with van der Waals surface area (Å²) in [4.78, 5) is 21.9. The smallest absolute Gasteiger partial charge is 0.234 e. The molecule has 1 aliphatic rings. The van der Waals surface area contributed by atoms with Crippen LogP contribution in [-0.2, 0) is 14.6 Å². The van der Waals surface area contributed by atoms with E-state index < -0.39 is 15.2 Å². The number of nitrogens with two attached hydrogens (primary N) is 2. The first kappa shape index (κ1) is 19.1. The Labute approximate surface area is 167 Å². The molecule has 0 spiro atoms. The first-order chi connectivity index (χ1) is 13.9. The molecule has 5 N–H and O–H groups in total. The highest BCUT2D eigenvalue weighted by Gasteiger charge is 2.37. The van der Waals surface area contributed by atoms with Gasteiger partial charge >= 0.3 is 0 Å². The molecule has 1 atom stereocenters. The Bertz CT molecular complexity index is 1200. The number of rotatable bonds is 4. The van der Waals surface area contributed by atoms with Crippen molar-refractivity contribution in [1.29, 1.82) is 0 Å². The van der Waals surface area contributed by atoms with Gasteiger partial charge in [0.25, 0.3) is 0 Å². The van der Waals surface area contributed by atoms with Crippen molar-refractivity contribution in [3.8, 4) is 0 Å². The third-order valence-corrected chi connectivity index (χ3v) is 6.93. The summed E-state index contributed by atoms with van der Waals surface area (Å²) in [6.45, 7) is 0.725. The van der Waals surface area contributed by atoms with E-state index in [1.165, 1.54) is 18.5 Å². The molecule has 9 nitrogen and oxygen atoms in total. The highest BCUT2D eigenvalue weighted by Crippen LogP contribution is 2.34. The van der Waals surface area contributed by atoms with Crippen LogP contribution in [0.4, 0.5) is 11.5 Å². The second-order valence-electron chi connectivity index (χ2n) is 6.83. The van der Waals surface area contributed by atoms with Gasteiger partial charge in [0.05, 0.1) is 17.0 Å². The Morgan fingerprint density at radius 1 is 1.10 bits per heavy atom. The molecule has 1 fully saturated rings. The number of amides is 1. The molecule has 2 aromatic carbocycles. The van der Waals surface area contributed by atoms with Gasteiger partial charge in [-0.15, -0.1) is 0 Å². The van der Waals surface area contributed by atoms with E-state index in [-0.39, 0.29) is 17.3 Å². The number of nitrogens with zero attached hydrogens (tertiary/aromatic N) is 3. The van der Waals surface area contributed by atoms with Gasteiger partial charge in [0.15, 0.2) is 9.84 Å². The van der Waals surface area contributed by atoms with Gasteiger partial charge in [-0.2, -0.15) is 0 Å². The van der Waals surface area contributed by atoms with Crippen LogP contribution in [0.15, 0.2) is 53.7 Å². The van der Waals surface area contributed by atoms with E-state index in [0.29, 0.717) is 41.1 Å². The van der Waals surface area contributed by atoms with Crippen LogP contribution in [0.25, 0.3) is 10.9 Å². The van der Waals surface area contributed by atoms with Crippen LogP contribution in [0.1, 0.15) is 10.9 Å². The number of piperazine rings is 1. The van der Waals surface area contributed by atoms with E-state index in [1.54, 1.807) is 35.2 Å². The van der Waals surface area contributed by atoms with Gasteiger partial charge in [0.1, 0.15) is 17.5 Å². The van der Waals surface area contributed by atoms with Crippen LogP contribution in [0.3, 0.4) is 0 Å². The quantitative estimate of drug-likeness (QED) is 0.531. The van der Waals surface area contributed by atoms with Crippen LogP contribution in [-0.4, -0.2) is 48.8 Å². The van der Waals surface area contributed by atoms with Crippen molar-refractivity contribution < 1.29 is 13.2 Å². The van der Waals surface area contributed by atoms with Crippen molar-refractivity contribution in [2.45, 2.75) is 10.3 Å². The van der Waals surface area contributed by atoms with E-state index >= 15 is 0 Å². The summed E-state index contributed by atoms with van der Waals surface area (Å²) < 4.78 is 27.2. The summed E-state index contributed by atoms with van der Waals surface area (Å²) in [6, 6.07) is 11.2. The molecule has 2 heterocycles. The summed E-state index contributed by atoms with van der Waals surface area (Å²) in [5.41, 5.74) is 13.1. The van der Waals surface area contributed by atoms with Gasteiger partial charge in [-0.1, -0.05) is 12.1 Å². The predicted octanol–water partition coefficient (Wildman–Crippen LogP) is 0.698. The normalized spacial score (nSPS) is 16.5. The first-order valence-corrected chi connectivity index (χ1v) is 10.5. The molecular weight excluding hydrogens is 392 g/mol. The van der Waals surface area contributed by atoms with Crippen LogP contribution >= 0.6 is 0 Å². The number of hydrogen-bond acceptors (Lipinski definition) is 8. The van der Waals surface area contributed by atoms with Gasteiger partial charge < -0.3 is 16.8 Å². The highest BCUT2D eigenvalue weighted by atomic mass is 32.2. The van der Waals surface area contributed by atoms with Crippen LogP contribution in [0.5, 0.6) is 0 Å². The maximum atomic E-state index is 13.6. The molecule has 0 saturated carbocycles. The Hall–Kier alpha value is -3.24. The van der Waals surface area contributed by atoms with E-state index in [1.807, 2.05) is 0 Å². The number of aromatic nitrogens is 2. The molecule has 1 unspecified atom stereocenters. The minimum atomic E-state index is -3.89. The number of carbonyl (C=O) groups excluding carboxylic acids is 1. The fourth-order valence-corrected chi connectivity index (χ4v) is 5.42. The topological polar surface area (TPSA) is 144 Å². The summed E-state index contributed by atoms with van der Waals surface area (Å²) in [5, 5.41) is 2.28. The standard InChI is InChI=1S/C19H20N6O3S/c20-13-2-1-3-14(9-13)29(27,28)19(25-7-6-22-17(26)10-25)12-4-5-15-16(8-12)23-11-24-18(15)21/h1-5,8-9,11,19H,6-7,10,20H2,(H,22,26)(H2,21,23,24). The molecule has 1 amide bonds. The van der Waals surface area contributed by atoms with Gasteiger partial charge in [0, 0.05) is 24.2 Å². The number of carbonyl (C=O) groups is 1. The minimum Gasteiger partial charge on any atom is -0.399 e. The monoisotopic (exact) mass is 412 g/mol. The Morgan fingerprint density at radius 2 is 1.93 bits per heavy atom. The Balaban J connectivity index is 1.88. The van der Waals surface area contributed by atoms with E-state index in [0.717, 1.165) is 0 Å².